The fraction of sp³-hybridized carbons (Fsp3) is 0.455. The van der Waals surface area contributed by atoms with E-state index >= 15 is 0 Å². The van der Waals surface area contributed by atoms with Gasteiger partial charge in [-0.25, -0.2) is 17.6 Å². The second kappa shape index (κ2) is 8.92. The van der Waals surface area contributed by atoms with Crippen molar-refractivity contribution < 1.29 is 27.1 Å². The molecule has 1 heterocycles. The number of halogens is 1. The van der Waals surface area contributed by atoms with Gasteiger partial charge in [-0.1, -0.05) is 0 Å². The highest BCUT2D eigenvalue weighted by atomic mass is 32.2. The average Bonchev–Trinajstić information content (AvgIpc) is 3.49. The Hall–Kier alpha value is -2.52. The summed E-state index contributed by atoms with van der Waals surface area (Å²) < 4.78 is 46.2. The Morgan fingerprint density at radius 3 is 2.39 bits per heavy atom. The highest BCUT2D eigenvalue weighted by Gasteiger charge is 2.39. The summed E-state index contributed by atoms with van der Waals surface area (Å²) in [5.74, 6) is -1.33. The van der Waals surface area contributed by atoms with Gasteiger partial charge in [0.05, 0.1) is 17.5 Å². The Balaban J connectivity index is 1.97. The Morgan fingerprint density at radius 2 is 1.84 bits per heavy atom. The van der Waals surface area contributed by atoms with E-state index in [1.165, 1.54) is 16.4 Å². The molecule has 1 aliphatic carbocycles. The predicted octanol–water partition coefficient (Wildman–Crippen LogP) is 3.62. The largest absolute Gasteiger partial charge is 0.461 e. The summed E-state index contributed by atoms with van der Waals surface area (Å²) in [5, 5.41) is 0. The highest BCUT2D eigenvalue weighted by Crippen LogP contribution is 2.33. The van der Waals surface area contributed by atoms with Gasteiger partial charge in [0.25, 0.3) is 0 Å². The molecular weight excluding hydrogens is 423 g/mol. The minimum atomic E-state index is -4.02. The molecule has 7 nitrogen and oxygen atoms in total. The first-order chi connectivity index (χ1) is 14.6. The van der Waals surface area contributed by atoms with Gasteiger partial charge in [0, 0.05) is 17.8 Å². The van der Waals surface area contributed by atoms with Gasteiger partial charge in [-0.15, -0.1) is 0 Å². The lowest BCUT2D eigenvalue weighted by atomic mass is 10.0. The van der Waals surface area contributed by atoms with Crippen LogP contribution in [0.3, 0.4) is 0 Å². The van der Waals surface area contributed by atoms with Crippen LogP contribution in [0.25, 0.3) is 0 Å². The minimum absolute atomic E-state index is 0.0658. The summed E-state index contributed by atoms with van der Waals surface area (Å²) in [5.41, 5.74) is 1.37. The Kier molecular flexibility index (Phi) is 6.66. The number of carbonyl (C=O) groups is 2. The van der Waals surface area contributed by atoms with Crippen LogP contribution in [0.5, 0.6) is 0 Å². The molecule has 1 unspecified atom stereocenters. The number of H-pyrrole nitrogens is 1. The third kappa shape index (κ3) is 4.72. The van der Waals surface area contributed by atoms with Crippen molar-refractivity contribution in [3.63, 3.8) is 0 Å². The minimum Gasteiger partial charge on any atom is -0.461 e. The number of nitrogens with one attached hydrogen (secondary N) is 1. The molecule has 1 atom stereocenters. The fourth-order valence-corrected chi connectivity index (χ4v) is 5.30. The summed E-state index contributed by atoms with van der Waals surface area (Å²) in [6.07, 6.45) is 1.79. The number of aryl methyl sites for hydroxylation is 1. The normalized spacial score (nSPS) is 15.2. The number of rotatable bonds is 9. The maximum Gasteiger partial charge on any atom is 0.355 e. The van der Waals surface area contributed by atoms with Crippen molar-refractivity contribution in [2.45, 2.75) is 51.5 Å². The number of ketones is 1. The van der Waals surface area contributed by atoms with Crippen molar-refractivity contribution in [3.8, 4) is 0 Å². The highest BCUT2D eigenvalue weighted by molar-refractivity contribution is 7.89. The third-order valence-electron chi connectivity index (χ3n) is 5.53. The Labute approximate surface area is 181 Å². The van der Waals surface area contributed by atoms with E-state index in [-0.39, 0.29) is 35.2 Å². The van der Waals surface area contributed by atoms with Gasteiger partial charge in [0.1, 0.15) is 11.5 Å². The van der Waals surface area contributed by atoms with Crippen LogP contribution in [0.4, 0.5) is 4.39 Å². The number of aromatic nitrogens is 1. The van der Waals surface area contributed by atoms with E-state index in [0.717, 1.165) is 25.0 Å². The topological polar surface area (TPSA) is 96.5 Å². The maximum absolute atomic E-state index is 13.4. The van der Waals surface area contributed by atoms with Crippen molar-refractivity contribution in [2.24, 2.45) is 5.92 Å². The molecule has 3 rings (SSSR count). The number of hydrogen-bond acceptors (Lipinski definition) is 5. The van der Waals surface area contributed by atoms with Gasteiger partial charge in [-0.2, -0.15) is 4.31 Å². The van der Waals surface area contributed by atoms with Crippen molar-refractivity contribution in [3.05, 3.63) is 52.6 Å². The molecule has 31 heavy (non-hydrogen) atoms. The second-order valence-electron chi connectivity index (χ2n) is 7.86. The van der Waals surface area contributed by atoms with Crippen LogP contribution in [-0.2, 0) is 14.8 Å². The molecule has 1 aromatic heterocycles. The molecule has 1 N–H and O–H groups in total. The lowest BCUT2D eigenvalue weighted by Gasteiger charge is -2.28. The monoisotopic (exact) mass is 450 g/mol. The molecular formula is C22H27FN2O5S. The van der Waals surface area contributed by atoms with Gasteiger partial charge in [-0.3, -0.25) is 4.79 Å². The van der Waals surface area contributed by atoms with Crippen LogP contribution in [0.2, 0.25) is 0 Å². The molecule has 2 aromatic rings. The first kappa shape index (κ1) is 23.1. The van der Waals surface area contributed by atoms with E-state index in [1.54, 1.807) is 27.7 Å². The van der Waals surface area contributed by atoms with Gasteiger partial charge in [0.2, 0.25) is 10.0 Å². The standard InChI is InChI=1S/C22H27FN2O5S/c1-5-30-22(27)20-13(2)19(14(3)24-20)21(26)15(4)25(12-16-6-7-16)31(28,29)18-10-8-17(23)9-11-18/h8-11,15-16,24H,5-7,12H2,1-4H3. The summed E-state index contributed by atoms with van der Waals surface area (Å²) in [6, 6.07) is 3.57. The van der Waals surface area contributed by atoms with Crippen LogP contribution in [0, 0.1) is 25.6 Å². The lowest BCUT2D eigenvalue weighted by Crippen LogP contribution is -2.44. The summed E-state index contributed by atoms with van der Waals surface area (Å²) in [7, 11) is -4.02. The molecule has 0 spiro atoms. The predicted molar refractivity (Wildman–Crippen MR) is 113 cm³/mol. The van der Waals surface area contributed by atoms with E-state index in [0.29, 0.717) is 11.3 Å². The van der Waals surface area contributed by atoms with E-state index < -0.39 is 33.6 Å². The van der Waals surface area contributed by atoms with E-state index in [4.69, 9.17) is 4.74 Å². The molecule has 0 aliphatic heterocycles. The van der Waals surface area contributed by atoms with E-state index in [2.05, 4.69) is 4.98 Å². The number of aromatic amines is 1. The zero-order valence-corrected chi connectivity index (χ0v) is 18.9. The Morgan fingerprint density at radius 1 is 1.23 bits per heavy atom. The smallest absolute Gasteiger partial charge is 0.355 e. The quantitative estimate of drug-likeness (QED) is 0.465. The maximum atomic E-state index is 13.4. The number of hydrogen-bond donors (Lipinski definition) is 1. The fourth-order valence-electron chi connectivity index (χ4n) is 3.63. The molecule has 168 valence electrons. The molecule has 0 amide bonds. The molecule has 0 radical (unpaired) electrons. The lowest BCUT2D eigenvalue weighted by molar-refractivity contribution is 0.0519. The summed E-state index contributed by atoms with van der Waals surface area (Å²) in [6.45, 7) is 6.93. The molecule has 1 aliphatic rings. The number of esters is 1. The van der Waals surface area contributed by atoms with Gasteiger partial charge >= 0.3 is 5.97 Å². The third-order valence-corrected chi connectivity index (χ3v) is 7.48. The molecule has 1 fully saturated rings. The van der Waals surface area contributed by atoms with Crippen LogP contribution in [0.15, 0.2) is 29.2 Å². The molecule has 0 saturated heterocycles. The molecule has 9 heteroatoms. The molecule has 0 bridgehead atoms. The van der Waals surface area contributed by atoms with Gasteiger partial charge in [-0.05, 0) is 76.3 Å². The van der Waals surface area contributed by atoms with Gasteiger partial charge in [0.15, 0.2) is 5.78 Å². The van der Waals surface area contributed by atoms with Crippen LogP contribution < -0.4 is 0 Å². The SMILES string of the molecule is CCOC(=O)c1[nH]c(C)c(C(=O)C(C)N(CC2CC2)S(=O)(=O)c2ccc(F)cc2)c1C. The van der Waals surface area contributed by atoms with Crippen LogP contribution >= 0.6 is 0 Å². The van der Waals surface area contributed by atoms with E-state index in [9.17, 15) is 22.4 Å². The Bertz CT molecular complexity index is 1090. The first-order valence-corrected chi connectivity index (χ1v) is 11.7. The summed E-state index contributed by atoms with van der Waals surface area (Å²) in [4.78, 5) is 28.4. The number of Topliss-reactive ketones (excluding diaryl/α,β-unsaturated/α-hetero) is 1. The number of ether oxygens (including phenoxy) is 1. The average molecular weight is 451 g/mol. The van der Waals surface area contributed by atoms with Crippen LogP contribution in [-0.4, -0.2) is 48.7 Å². The first-order valence-electron chi connectivity index (χ1n) is 10.3. The van der Waals surface area contributed by atoms with Crippen molar-refractivity contribution in [1.82, 2.24) is 9.29 Å². The van der Waals surface area contributed by atoms with Gasteiger partial charge < -0.3 is 9.72 Å². The number of carbonyl (C=O) groups excluding carboxylic acids is 2. The van der Waals surface area contributed by atoms with Crippen LogP contribution in [0.1, 0.15) is 58.8 Å². The number of benzene rings is 1. The number of nitrogens with zero attached hydrogens (tertiary/aromatic N) is 1. The van der Waals surface area contributed by atoms with E-state index in [1.807, 2.05) is 0 Å². The molecule has 1 saturated carbocycles. The van der Waals surface area contributed by atoms with Crippen molar-refractivity contribution >= 4 is 21.8 Å². The molecule has 1 aromatic carbocycles. The van der Waals surface area contributed by atoms with Crippen molar-refractivity contribution in [2.75, 3.05) is 13.2 Å². The zero-order valence-electron chi connectivity index (χ0n) is 18.1. The second-order valence-corrected chi connectivity index (χ2v) is 9.75. The van der Waals surface area contributed by atoms with Crippen molar-refractivity contribution in [1.29, 1.82) is 0 Å². The summed E-state index contributed by atoms with van der Waals surface area (Å²) >= 11 is 0. The zero-order chi connectivity index (χ0) is 22.9. The number of sulfonamides is 1.